The Bertz CT molecular complexity index is 1430. The lowest BCUT2D eigenvalue weighted by atomic mass is 9.97. The zero-order valence-electron chi connectivity index (χ0n) is 25.6. The molecule has 0 bridgehead atoms. The highest BCUT2D eigenvalue weighted by Gasteiger charge is 2.37. The van der Waals surface area contributed by atoms with Gasteiger partial charge in [-0.3, -0.25) is 4.90 Å². The summed E-state index contributed by atoms with van der Waals surface area (Å²) >= 11 is 0. The first-order valence-corrected chi connectivity index (χ1v) is 14.8. The average Bonchev–Trinajstić information content (AvgIpc) is 3.81. The van der Waals surface area contributed by atoms with Crippen molar-refractivity contribution in [3.05, 3.63) is 88.5 Å². The lowest BCUT2D eigenvalue weighted by Gasteiger charge is -2.42. The first-order chi connectivity index (χ1) is 19.8. The van der Waals surface area contributed by atoms with E-state index in [2.05, 4.69) is 110 Å². The minimum atomic E-state index is 0.0338. The summed E-state index contributed by atoms with van der Waals surface area (Å²) in [6.07, 6.45) is 4.07. The number of nitrogens with zero attached hydrogens (tertiary/aromatic N) is 4. The molecule has 1 aliphatic heterocycles. The Hall–Kier alpha value is -3.61. The number of ether oxygens (including phenoxy) is 1. The zero-order chi connectivity index (χ0) is 29.1. The van der Waals surface area contributed by atoms with Crippen molar-refractivity contribution in [3.8, 4) is 5.75 Å². The van der Waals surface area contributed by atoms with Gasteiger partial charge in [0.15, 0.2) is 0 Å². The van der Waals surface area contributed by atoms with Crippen molar-refractivity contribution in [1.29, 1.82) is 0 Å². The highest BCUT2D eigenvalue weighted by molar-refractivity contribution is 6.17. The second kappa shape index (κ2) is 12.5. The second-order valence-electron chi connectivity index (χ2n) is 11.7. The highest BCUT2D eigenvalue weighted by atomic mass is 16.5. The van der Waals surface area contributed by atoms with Gasteiger partial charge in [-0.15, -0.1) is 0 Å². The van der Waals surface area contributed by atoms with E-state index in [4.69, 9.17) is 15.5 Å². The molecule has 2 aliphatic rings. The van der Waals surface area contributed by atoms with Gasteiger partial charge in [0.1, 0.15) is 11.6 Å². The first-order valence-electron chi connectivity index (χ1n) is 14.8. The number of aliphatic imine (C=N–C) groups is 1. The van der Waals surface area contributed by atoms with Crippen molar-refractivity contribution in [2.24, 2.45) is 10.7 Å². The third-order valence-electron chi connectivity index (χ3n) is 8.23. The van der Waals surface area contributed by atoms with Gasteiger partial charge in [-0.2, -0.15) is 0 Å². The second-order valence-corrected chi connectivity index (χ2v) is 11.7. The molecule has 0 aromatic heterocycles. The molecule has 0 amide bonds. The fraction of sp³-hybridized carbons (Fsp3) is 0.400. The number of hydrogen-bond acceptors (Lipinski definition) is 6. The normalized spacial score (nSPS) is 15.1. The van der Waals surface area contributed by atoms with E-state index in [-0.39, 0.29) is 6.04 Å². The molecule has 216 valence electrons. The Balaban J connectivity index is 1.72. The molecule has 5 rings (SSSR count). The van der Waals surface area contributed by atoms with E-state index in [1.54, 1.807) is 7.11 Å². The molecule has 1 aliphatic carbocycles. The van der Waals surface area contributed by atoms with Crippen LogP contribution in [-0.4, -0.2) is 57.6 Å². The van der Waals surface area contributed by atoms with Gasteiger partial charge < -0.3 is 20.3 Å². The Morgan fingerprint density at radius 2 is 1.68 bits per heavy atom. The van der Waals surface area contributed by atoms with Crippen LogP contribution in [0.1, 0.15) is 47.9 Å². The van der Waals surface area contributed by atoms with E-state index in [0.717, 1.165) is 61.7 Å². The fourth-order valence-electron chi connectivity index (χ4n) is 5.62. The number of amidine groups is 1. The van der Waals surface area contributed by atoms with E-state index in [1.807, 2.05) is 0 Å². The van der Waals surface area contributed by atoms with Gasteiger partial charge in [-0.25, -0.2) is 4.99 Å². The summed E-state index contributed by atoms with van der Waals surface area (Å²) < 4.78 is 5.53. The molecule has 1 unspecified atom stereocenters. The van der Waals surface area contributed by atoms with Crippen LogP contribution in [0.5, 0.6) is 5.75 Å². The van der Waals surface area contributed by atoms with Crippen molar-refractivity contribution >= 4 is 28.6 Å². The molecule has 0 radical (unpaired) electrons. The van der Waals surface area contributed by atoms with E-state index in [9.17, 15) is 0 Å². The molecule has 1 atom stereocenters. The van der Waals surface area contributed by atoms with Gasteiger partial charge in [0.05, 0.1) is 24.5 Å². The summed E-state index contributed by atoms with van der Waals surface area (Å²) in [6, 6.07) is 22.0. The Labute approximate surface area is 246 Å². The molecule has 3 aromatic carbocycles. The summed E-state index contributed by atoms with van der Waals surface area (Å²) in [6.45, 7) is 9.01. The minimum absolute atomic E-state index is 0.0338. The van der Waals surface area contributed by atoms with Crippen molar-refractivity contribution in [2.75, 3.05) is 50.6 Å². The molecular formula is C35H45N5O. The standard InChI is InChI=1S/C35H45N5O/c1-24-9-18-32-31(22-24)34(27-11-12-27)40(28-14-16-30(41-6)17-15-28)35(37-32)33(8-7-19-36)39(21-20-38(4)5)29-13-10-25(2)26(3)23-29/h9-10,13-18,22-23,33H,7-8,11-12,19-21,36H2,1-6H3. The molecular weight excluding hydrogens is 506 g/mol. The van der Waals surface area contributed by atoms with Crippen LogP contribution < -0.4 is 20.3 Å². The van der Waals surface area contributed by atoms with E-state index in [0.29, 0.717) is 6.54 Å². The van der Waals surface area contributed by atoms with E-state index >= 15 is 0 Å². The largest absolute Gasteiger partial charge is 0.497 e. The summed E-state index contributed by atoms with van der Waals surface area (Å²) in [5.41, 5.74) is 17.4. The van der Waals surface area contributed by atoms with Crippen molar-refractivity contribution in [1.82, 2.24) is 4.90 Å². The van der Waals surface area contributed by atoms with Gasteiger partial charge >= 0.3 is 0 Å². The molecule has 0 spiro atoms. The number of nitrogens with two attached hydrogens (primary N) is 1. The van der Waals surface area contributed by atoms with Crippen molar-refractivity contribution < 1.29 is 4.74 Å². The zero-order valence-corrected chi connectivity index (χ0v) is 25.6. The van der Waals surface area contributed by atoms with Crippen molar-refractivity contribution in [3.63, 3.8) is 0 Å². The van der Waals surface area contributed by atoms with E-state index < -0.39 is 0 Å². The monoisotopic (exact) mass is 551 g/mol. The highest BCUT2D eigenvalue weighted by Crippen LogP contribution is 2.47. The molecule has 1 fully saturated rings. The fourth-order valence-corrected chi connectivity index (χ4v) is 5.62. The minimum Gasteiger partial charge on any atom is -0.497 e. The summed E-state index contributed by atoms with van der Waals surface area (Å²) in [7, 11) is 6.00. The number of anilines is 2. The topological polar surface area (TPSA) is 57.3 Å². The van der Waals surface area contributed by atoms with Gasteiger partial charge in [0.2, 0.25) is 0 Å². The molecule has 6 heteroatoms. The van der Waals surface area contributed by atoms with Crippen LogP contribution in [0, 0.1) is 20.8 Å². The predicted molar refractivity (Wildman–Crippen MR) is 174 cm³/mol. The maximum absolute atomic E-state index is 6.16. The number of allylic oxidation sites excluding steroid dienone is 1. The lowest BCUT2D eigenvalue weighted by Crippen LogP contribution is -2.51. The van der Waals surface area contributed by atoms with Crippen LogP contribution >= 0.6 is 0 Å². The molecule has 0 saturated heterocycles. The first kappa shape index (κ1) is 28.9. The number of likely N-dealkylation sites (N-methyl/N-ethyl adjacent to an activating group) is 1. The number of benzene rings is 3. The average molecular weight is 552 g/mol. The van der Waals surface area contributed by atoms with Crippen LogP contribution in [0.2, 0.25) is 0 Å². The Kier molecular flexibility index (Phi) is 8.81. The molecule has 6 nitrogen and oxygen atoms in total. The number of methoxy groups -OCH3 is 1. The number of hydrogen-bond donors (Lipinski definition) is 1. The van der Waals surface area contributed by atoms with Crippen LogP contribution in [-0.2, 0) is 0 Å². The molecule has 41 heavy (non-hydrogen) atoms. The van der Waals surface area contributed by atoms with Crippen LogP contribution in [0.3, 0.4) is 0 Å². The maximum atomic E-state index is 6.16. The van der Waals surface area contributed by atoms with Crippen molar-refractivity contribution in [2.45, 2.75) is 52.5 Å². The maximum Gasteiger partial charge on any atom is 0.137 e. The van der Waals surface area contributed by atoms with Gasteiger partial charge in [0, 0.05) is 30.0 Å². The lowest BCUT2D eigenvalue weighted by molar-refractivity contribution is 0.408. The molecule has 1 heterocycles. The SMILES string of the molecule is COc1ccc(N2C(C(CCCN)N(CCN(C)C)c3ccc(C)c(C)c3)=Nc3ccc(C)cc3C2=C2CC2)cc1. The number of fused-ring (bicyclic) bond motifs is 1. The van der Waals surface area contributed by atoms with E-state index in [1.165, 1.54) is 39.2 Å². The Morgan fingerprint density at radius 3 is 2.32 bits per heavy atom. The molecule has 3 aromatic rings. The predicted octanol–water partition coefficient (Wildman–Crippen LogP) is 6.85. The van der Waals surface area contributed by atoms with Crippen LogP contribution in [0.15, 0.2) is 71.2 Å². The Morgan fingerprint density at radius 1 is 0.927 bits per heavy atom. The van der Waals surface area contributed by atoms with Crippen LogP contribution in [0.4, 0.5) is 17.1 Å². The van der Waals surface area contributed by atoms with Crippen LogP contribution in [0.25, 0.3) is 5.70 Å². The number of rotatable bonds is 11. The quantitative estimate of drug-likeness (QED) is 0.282. The third kappa shape index (κ3) is 6.34. The molecule has 1 saturated carbocycles. The third-order valence-corrected chi connectivity index (χ3v) is 8.23. The molecule has 2 N–H and O–H groups in total. The van der Waals surface area contributed by atoms with Gasteiger partial charge in [-0.05, 0) is 132 Å². The van der Waals surface area contributed by atoms with Gasteiger partial charge in [0.25, 0.3) is 0 Å². The number of aryl methyl sites for hydroxylation is 3. The summed E-state index contributed by atoms with van der Waals surface area (Å²) in [4.78, 5) is 12.8. The van der Waals surface area contributed by atoms with Gasteiger partial charge in [-0.1, -0.05) is 17.7 Å². The summed E-state index contributed by atoms with van der Waals surface area (Å²) in [5.74, 6) is 1.91. The summed E-state index contributed by atoms with van der Waals surface area (Å²) in [5, 5.41) is 0. The smallest absolute Gasteiger partial charge is 0.137 e.